The fourth-order valence-electron chi connectivity index (χ4n) is 3.81. The second kappa shape index (κ2) is 7.61. The van der Waals surface area contributed by atoms with Crippen molar-refractivity contribution in [2.75, 3.05) is 19.6 Å². The summed E-state index contributed by atoms with van der Waals surface area (Å²) in [6.07, 6.45) is 6.58. The van der Waals surface area contributed by atoms with Crippen LogP contribution >= 0.6 is 0 Å². The van der Waals surface area contributed by atoms with Gasteiger partial charge in [-0.15, -0.1) is 0 Å². The molecule has 1 amide bonds. The van der Waals surface area contributed by atoms with Gasteiger partial charge < -0.3 is 4.90 Å². The minimum Gasteiger partial charge on any atom is -0.343 e. The Bertz CT molecular complexity index is 593. The zero-order valence-corrected chi connectivity index (χ0v) is 13.7. The molecule has 0 aliphatic carbocycles. The Morgan fingerprint density at radius 2 is 2.13 bits per heavy atom. The molecule has 1 aromatic rings. The van der Waals surface area contributed by atoms with Gasteiger partial charge in [0, 0.05) is 32.1 Å². The van der Waals surface area contributed by atoms with Crippen LogP contribution < -0.4 is 0 Å². The normalized spacial score (nSPS) is 22.3. The Morgan fingerprint density at radius 3 is 2.91 bits per heavy atom. The molecule has 2 saturated heterocycles. The van der Waals surface area contributed by atoms with E-state index in [0.29, 0.717) is 11.9 Å². The van der Waals surface area contributed by atoms with Crippen LogP contribution in [-0.2, 0) is 11.3 Å². The monoisotopic (exact) mass is 311 g/mol. The lowest BCUT2D eigenvalue weighted by molar-refractivity contribution is -0.127. The number of nitriles is 1. The number of rotatable bonds is 5. The summed E-state index contributed by atoms with van der Waals surface area (Å²) in [5, 5.41) is 9.05. The largest absolute Gasteiger partial charge is 0.343 e. The van der Waals surface area contributed by atoms with Crippen molar-refractivity contribution < 1.29 is 4.79 Å². The number of carbonyl (C=O) groups excluding carboxylic acids is 1. The zero-order chi connectivity index (χ0) is 16.1. The molecule has 3 rings (SSSR count). The third-order valence-corrected chi connectivity index (χ3v) is 5.09. The number of carbonyl (C=O) groups is 1. The highest BCUT2D eigenvalue weighted by molar-refractivity contribution is 5.78. The molecule has 122 valence electrons. The third-order valence-electron chi connectivity index (χ3n) is 5.09. The minimum absolute atomic E-state index is 0.328. The summed E-state index contributed by atoms with van der Waals surface area (Å²) in [5.41, 5.74) is 1.95. The maximum Gasteiger partial charge on any atom is 0.222 e. The van der Waals surface area contributed by atoms with Crippen molar-refractivity contribution in [3.8, 4) is 6.07 Å². The highest BCUT2D eigenvalue weighted by atomic mass is 16.2. The van der Waals surface area contributed by atoms with E-state index in [1.54, 1.807) is 0 Å². The molecule has 0 radical (unpaired) electrons. The van der Waals surface area contributed by atoms with Crippen LogP contribution in [-0.4, -0.2) is 41.4 Å². The van der Waals surface area contributed by atoms with Crippen molar-refractivity contribution in [3.05, 3.63) is 35.4 Å². The van der Waals surface area contributed by atoms with Crippen molar-refractivity contribution in [3.63, 3.8) is 0 Å². The van der Waals surface area contributed by atoms with Crippen LogP contribution in [0, 0.1) is 11.3 Å². The first-order valence-corrected chi connectivity index (χ1v) is 8.77. The van der Waals surface area contributed by atoms with Gasteiger partial charge in [-0.3, -0.25) is 9.69 Å². The van der Waals surface area contributed by atoms with E-state index in [4.69, 9.17) is 5.26 Å². The molecule has 0 aromatic heterocycles. The van der Waals surface area contributed by atoms with E-state index < -0.39 is 0 Å². The van der Waals surface area contributed by atoms with Gasteiger partial charge in [-0.2, -0.15) is 5.26 Å². The summed E-state index contributed by atoms with van der Waals surface area (Å²) in [4.78, 5) is 16.3. The third kappa shape index (κ3) is 4.11. The maximum absolute atomic E-state index is 11.8. The molecule has 0 bridgehead atoms. The fraction of sp³-hybridized carbons (Fsp3) is 0.579. The number of likely N-dealkylation sites (tertiary alicyclic amines) is 2. The van der Waals surface area contributed by atoms with E-state index in [-0.39, 0.29) is 0 Å². The average molecular weight is 311 g/mol. The van der Waals surface area contributed by atoms with E-state index in [2.05, 4.69) is 17.0 Å². The van der Waals surface area contributed by atoms with Crippen LogP contribution in [0.25, 0.3) is 0 Å². The van der Waals surface area contributed by atoms with E-state index >= 15 is 0 Å². The molecular formula is C19H25N3O. The number of nitrogens with zero attached hydrogens (tertiary/aromatic N) is 3. The summed E-state index contributed by atoms with van der Waals surface area (Å²) >= 11 is 0. The number of amides is 1. The zero-order valence-electron chi connectivity index (χ0n) is 13.7. The minimum atomic E-state index is 0.328. The van der Waals surface area contributed by atoms with Crippen LogP contribution in [0.15, 0.2) is 24.3 Å². The quantitative estimate of drug-likeness (QED) is 0.840. The molecule has 2 aliphatic heterocycles. The Hall–Kier alpha value is -1.86. The molecule has 4 heteroatoms. The summed E-state index contributed by atoms with van der Waals surface area (Å²) < 4.78 is 0. The first kappa shape index (κ1) is 16.0. The summed E-state index contributed by atoms with van der Waals surface area (Å²) in [5.74, 6) is 0.328. The second-order valence-corrected chi connectivity index (χ2v) is 6.71. The van der Waals surface area contributed by atoms with Crippen molar-refractivity contribution in [1.29, 1.82) is 5.26 Å². The lowest BCUT2D eigenvalue weighted by Crippen LogP contribution is -2.41. The molecule has 1 unspecified atom stereocenters. The lowest BCUT2D eigenvalue weighted by Gasteiger charge is -2.36. The summed E-state index contributed by atoms with van der Waals surface area (Å²) in [7, 11) is 0. The van der Waals surface area contributed by atoms with Crippen molar-refractivity contribution >= 4 is 5.91 Å². The van der Waals surface area contributed by atoms with Crippen LogP contribution in [0.5, 0.6) is 0 Å². The molecule has 0 spiro atoms. The average Bonchev–Trinajstić information content (AvgIpc) is 2.99. The van der Waals surface area contributed by atoms with E-state index in [0.717, 1.165) is 51.0 Å². The Labute approximate surface area is 138 Å². The Morgan fingerprint density at radius 1 is 1.22 bits per heavy atom. The van der Waals surface area contributed by atoms with Crippen molar-refractivity contribution in [2.24, 2.45) is 0 Å². The first-order valence-electron chi connectivity index (χ1n) is 8.77. The molecule has 2 fully saturated rings. The SMILES string of the molecule is N#Cc1cccc(CN2CCCCC2CCN2CCCC2=O)c1. The van der Waals surface area contributed by atoms with Gasteiger partial charge in [0.1, 0.15) is 0 Å². The topological polar surface area (TPSA) is 47.3 Å². The van der Waals surface area contributed by atoms with Gasteiger partial charge in [0.05, 0.1) is 11.6 Å². The number of piperidine rings is 1. The van der Waals surface area contributed by atoms with E-state index in [9.17, 15) is 4.79 Å². The predicted molar refractivity (Wildman–Crippen MR) is 89.6 cm³/mol. The van der Waals surface area contributed by atoms with E-state index in [1.807, 2.05) is 23.1 Å². The predicted octanol–water partition coefficient (Wildman–Crippen LogP) is 2.93. The van der Waals surface area contributed by atoms with Gasteiger partial charge in [0.2, 0.25) is 5.91 Å². The van der Waals surface area contributed by atoms with Gasteiger partial charge in [-0.1, -0.05) is 18.6 Å². The first-order chi connectivity index (χ1) is 11.3. The highest BCUT2D eigenvalue weighted by Gasteiger charge is 2.25. The van der Waals surface area contributed by atoms with Crippen molar-refractivity contribution in [2.45, 2.75) is 51.1 Å². The van der Waals surface area contributed by atoms with Gasteiger partial charge in [0.15, 0.2) is 0 Å². The molecule has 23 heavy (non-hydrogen) atoms. The van der Waals surface area contributed by atoms with Gasteiger partial charge in [0.25, 0.3) is 0 Å². The van der Waals surface area contributed by atoms with Crippen LogP contribution in [0.1, 0.15) is 49.7 Å². The molecule has 0 N–H and O–H groups in total. The fourth-order valence-corrected chi connectivity index (χ4v) is 3.81. The molecule has 1 atom stereocenters. The number of hydrogen-bond donors (Lipinski definition) is 0. The molecule has 0 saturated carbocycles. The second-order valence-electron chi connectivity index (χ2n) is 6.71. The van der Waals surface area contributed by atoms with Gasteiger partial charge in [-0.25, -0.2) is 0 Å². The molecule has 1 aromatic carbocycles. The number of benzene rings is 1. The Balaban J connectivity index is 1.59. The van der Waals surface area contributed by atoms with Crippen LogP contribution in [0.3, 0.4) is 0 Å². The molecular weight excluding hydrogens is 286 g/mol. The van der Waals surface area contributed by atoms with Crippen molar-refractivity contribution in [1.82, 2.24) is 9.80 Å². The summed E-state index contributed by atoms with van der Waals surface area (Å²) in [6.45, 7) is 3.87. The maximum atomic E-state index is 11.8. The van der Waals surface area contributed by atoms with E-state index in [1.165, 1.54) is 24.8 Å². The van der Waals surface area contributed by atoms with Gasteiger partial charge in [-0.05, 0) is 49.9 Å². The van der Waals surface area contributed by atoms with Crippen LogP contribution in [0.4, 0.5) is 0 Å². The highest BCUT2D eigenvalue weighted by Crippen LogP contribution is 2.23. The van der Waals surface area contributed by atoms with Crippen LogP contribution in [0.2, 0.25) is 0 Å². The lowest BCUT2D eigenvalue weighted by atomic mass is 9.98. The molecule has 4 nitrogen and oxygen atoms in total. The Kier molecular flexibility index (Phi) is 5.30. The molecule has 2 aliphatic rings. The number of hydrogen-bond acceptors (Lipinski definition) is 3. The summed E-state index contributed by atoms with van der Waals surface area (Å²) in [6, 6.07) is 10.7. The standard InChI is InChI=1S/C19H25N3O/c20-14-16-5-3-6-17(13-16)15-22-10-2-1-7-18(22)9-12-21-11-4-8-19(21)23/h3,5-6,13,18H,1-2,4,7-12,15H2. The molecule has 2 heterocycles. The van der Waals surface area contributed by atoms with Gasteiger partial charge >= 0.3 is 0 Å². The smallest absolute Gasteiger partial charge is 0.222 e.